The van der Waals surface area contributed by atoms with Crippen LogP contribution in [0.5, 0.6) is 0 Å². The summed E-state index contributed by atoms with van der Waals surface area (Å²) in [7, 11) is 0. The number of Topliss-reactive ketones (excluding diaryl/α,β-unsaturated/α-hetero) is 1. The normalized spacial score (nSPS) is 28.4. The van der Waals surface area contributed by atoms with Gasteiger partial charge in [-0.1, -0.05) is 12.1 Å². The molecule has 1 atom stereocenters. The highest BCUT2D eigenvalue weighted by atomic mass is 32.1. The molecule has 1 aromatic heterocycles. The van der Waals surface area contributed by atoms with Crippen LogP contribution in [0.15, 0.2) is 18.2 Å². The zero-order chi connectivity index (χ0) is 17.1. The molecule has 0 unspecified atom stereocenters. The molecule has 1 aromatic carbocycles. The number of piperidine rings is 3. The third-order valence-electron chi connectivity index (χ3n) is 6.72. The van der Waals surface area contributed by atoms with Crippen molar-refractivity contribution in [2.45, 2.75) is 52.5 Å². The molecular weight excluding hydrogens is 314 g/mol. The zero-order valence-corrected chi connectivity index (χ0v) is 16.0. The average Bonchev–Trinajstić information content (AvgIpc) is 3.00. The molecule has 5 rings (SSSR count). The van der Waals surface area contributed by atoms with E-state index < -0.39 is 0 Å². The molecule has 2 nitrogen and oxygen atoms in total. The molecule has 0 spiro atoms. The summed E-state index contributed by atoms with van der Waals surface area (Å²) in [5.74, 6) is 1.58. The van der Waals surface area contributed by atoms with Crippen molar-refractivity contribution >= 4 is 27.2 Å². The highest BCUT2D eigenvalue weighted by Crippen LogP contribution is 2.46. The van der Waals surface area contributed by atoms with Gasteiger partial charge in [0.05, 0.1) is 4.88 Å². The van der Waals surface area contributed by atoms with Gasteiger partial charge in [0, 0.05) is 16.7 Å². The van der Waals surface area contributed by atoms with Gasteiger partial charge in [-0.15, -0.1) is 11.3 Å². The van der Waals surface area contributed by atoms with Crippen LogP contribution in [0.2, 0.25) is 0 Å². The van der Waals surface area contributed by atoms with Gasteiger partial charge in [0.15, 0.2) is 5.78 Å². The maximum Gasteiger partial charge on any atom is 0.173 e. The summed E-state index contributed by atoms with van der Waals surface area (Å²) in [6.07, 6.45) is 3.25. The van der Waals surface area contributed by atoms with Gasteiger partial charge in [0.1, 0.15) is 0 Å². The number of rotatable bonds is 3. The number of hydrogen-bond donors (Lipinski definition) is 0. The Morgan fingerprint density at radius 2 is 1.96 bits per heavy atom. The number of nitrogens with zero attached hydrogens (tertiary/aromatic N) is 1. The standard InChI is InChI=1S/C21H27NOS/c1-13-5-6-16-11-19(24-20(16)14(13)2)18(23)12-17-15-7-9-22(10-8-15)21(17,3)4/h5-6,11,15,17H,7-10,12H2,1-4H3/t17-/m1/s1. The summed E-state index contributed by atoms with van der Waals surface area (Å²) >= 11 is 1.69. The topological polar surface area (TPSA) is 20.3 Å². The molecule has 2 bridgehead atoms. The number of carbonyl (C=O) groups is 1. The molecule has 3 aliphatic rings. The lowest BCUT2D eigenvalue weighted by atomic mass is 9.65. The minimum atomic E-state index is 0.167. The van der Waals surface area contributed by atoms with Gasteiger partial charge in [-0.2, -0.15) is 0 Å². The molecule has 3 aliphatic heterocycles. The van der Waals surface area contributed by atoms with E-state index in [-0.39, 0.29) is 5.54 Å². The first-order valence-electron chi connectivity index (χ1n) is 9.16. The van der Waals surface area contributed by atoms with Crippen LogP contribution in [-0.2, 0) is 0 Å². The van der Waals surface area contributed by atoms with E-state index in [0.717, 1.165) is 10.8 Å². The quantitative estimate of drug-likeness (QED) is 0.714. The number of fused-ring (bicyclic) bond motifs is 4. The van der Waals surface area contributed by atoms with E-state index in [0.29, 0.717) is 18.1 Å². The minimum Gasteiger partial charge on any atom is -0.298 e. The molecule has 3 fully saturated rings. The van der Waals surface area contributed by atoms with Crippen LogP contribution < -0.4 is 0 Å². The Balaban J connectivity index is 1.61. The number of thiophene rings is 1. The lowest BCUT2D eigenvalue weighted by Gasteiger charge is -2.56. The van der Waals surface area contributed by atoms with Crippen molar-refractivity contribution in [2.75, 3.05) is 13.1 Å². The Hall–Kier alpha value is -1.19. The first-order valence-corrected chi connectivity index (χ1v) is 9.97. The second kappa shape index (κ2) is 5.67. The summed E-state index contributed by atoms with van der Waals surface area (Å²) in [6.45, 7) is 11.4. The lowest BCUT2D eigenvalue weighted by molar-refractivity contribution is -0.0643. The number of carbonyl (C=O) groups excluding carboxylic acids is 1. The van der Waals surface area contributed by atoms with Crippen molar-refractivity contribution in [3.63, 3.8) is 0 Å². The first-order chi connectivity index (χ1) is 11.4. The lowest BCUT2D eigenvalue weighted by Crippen LogP contribution is -2.61. The van der Waals surface area contributed by atoms with E-state index >= 15 is 0 Å². The SMILES string of the molecule is Cc1ccc2cc(C(=O)C[C@@H]3C4CCN(CC4)C3(C)C)sc2c1C. The molecule has 4 heterocycles. The van der Waals surface area contributed by atoms with Crippen molar-refractivity contribution in [1.82, 2.24) is 4.90 Å². The largest absolute Gasteiger partial charge is 0.298 e. The maximum atomic E-state index is 13.0. The van der Waals surface area contributed by atoms with Crippen LogP contribution in [-0.4, -0.2) is 29.3 Å². The van der Waals surface area contributed by atoms with Gasteiger partial charge in [-0.05, 0) is 88.0 Å². The highest BCUT2D eigenvalue weighted by Gasteiger charge is 2.47. The molecular formula is C21H27NOS. The Kier molecular flexibility index (Phi) is 3.85. The summed E-state index contributed by atoms with van der Waals surface area (Å²) in [6, 6.07) is 6.43. The summed E-state index contributed by atoms with van der Waals surface area (Å²) < 4.78 is 1.28. The molecule has 0 aliphatic carbocycles. The van der Waals surface area contributed by atoms with Crippen molar-refractivity contribution in [1.29, 1.82) is 0 Å². The molecule has 0 radical (unpaired) electrons. The number of aryl methyl sites for hydroxylation is 2. The van der Waals surface area contributed by atoms with Gasteiger partial charge in [-0.3, -0.25) is 9.69 Å². The Morgan fingerprint density at radius 1 is 1.25 bits per heavy atom. The summed E-state index contributed by atoms with van der Waals surface area (Å²) in [5, 5.41) is 1.22. The first kappa shape index (κ1) is 16.3. The molecule has 0 saturated carbocycles. The van der Waals surface area contributed by atoms with Crippen molar-refractivity contribution < 1.29 is 4.79 Å². The minimum absolute atomic E-state index is 0.167. The number of hydrogen-bond acceptors (Lipinski definition) is 3. The maximum absolute atomic E-state index is 13.0. The molecule has 3 heteroatoms. The van der Waals surface area contributed by atoms with E-state index in [9.17, 15) is 4.79 Å². The fourth-order valence-electron chi connectivity index (χ4n) is 4.88. The van der Waals surface area contributed by atoms with Crippen LogP contribution in [0.4, 0.5) is 0 Å². The third kappa shape index (κ3) is 2.44. The van der Waals surface area contributed by atoms with E-state index in [4.69, 9.17) is 0 Å². The molecule has 0 amide bonds. The summed E-state index contributed by atoms with van der Waals surface area (Å²) in [5.41, 5.74) is 2.79. The van der Waals surface area contributed by atoms with Crippen LogP contribution in [0.25, 0.3) is 10.1 Å². The Morgan fingerprint density at radius 3 is 2.62 bits per heavy atom. The van der Waals surface area contributed by atoms with Gasteiger partial charge >= 0.3 is 0 Å². The van der Waals surface area contributed by atoms with Crippen LogP contribution in [0.1, 0.15) is 53.9 Å². The summed E-state index contributed by atoms with van der Waals surface area (Å²) in [4.78, 5) is 16.6. The van der Waals surface area contributed by atoms with Crippen molar-refractivity contribution in [3.05, 3.63) is 34.2 Å². The zero-order valence-electron chi connectivity index (χ0n) is 15.2. The molecule has 24 heavy (non-hydrogen) atoms. The second-order valence-electron chi connectivity index (χ2n) is 8.25. The van der Waals surface area contributed by atoms with Crippen LogP contribution >= 0.6 is 11.3 Å². The van der Waals surface area contributed by atoms with E-state index in [1.807, 2.05) is 0 Å². The van der Waals surface area contributed by atoms with E-state index in [1.165, 1.54) is 47.1 Å². The second-order valence-corrected chi connectivity index (χ2v) is 9.30. The predicted molar refractivity (Wildman–Crippen MR) is 102 cm³/mol. The Labute approximate surface area is 148 Å². The average molecular weight is 342 g/mol. The third-order valence-corrected chi connectivity index (χ3v) is 8.03. The molecule has 3 saturated heterocycles. The highest BCUT2D eigenvalue weighted by molar-refractivity contribution is 7.21. The van der Waals surface area contributed by atoms with Crippen molar-refractivity contribution in [3.8, 4) is 0 Å². The fraction of sp³-hybridized carbons (Fsp3) is 0.571. The molecule has 128 valence electrons. The molecule has 2 aromatic rings. The van der Waals surface area contributed by atoms with Crippen LogP contribution in [0, 0.1) is 25.7 Å². The van der Waals surface area contributed by atoms with E-state index in [1.54, 1.807) is 11.3 Å². The van der Waals surface area contributed by atoms with Crippen LogP contribution in [0.3, 0.4) is 0 Å². The smallest absolute Gasteiger partial charge is 0.173 e. The van der Waals surface area contributed by atoms with Gasteiger partial charge < -0.3 is 0 Å². The number of benzene rings is 1. The van der Waals surface area contributed by atoms with Gasteiger partial charge in [0.25, 0.3) is 0 Å². The molecule has 0 N–H and O–H groups in total. The number of ketones is 1. The van der Waals surface area contributed by atoms with Crippen molar-refractivity contribution in [2.24, 2.45) is 11.8 Å². The Bertz CT molecular complexity index is 796. The monoisotopic (exact) mass is 341 g/mol. The predicted octanol–water partition coefficient (Wildman–Crippen LogP) is 5.21. The van der Waals surface area contributed by atoms with Gasteiger partial charge in [-0.25, -0.2) is 0 Å². The van der Waals surface area contributed by atoms with E-state index in [2.05, 4.69) is 50.8 Å². The fourth-order valence-corrected chi connectivity index (χ4v) is 6.05. The van der Waals surface area contributed by atoms with Gasteiger partial charge in [0.2, 0.25) is 0 Å².